The Hall–Kier alpha value is -2.27. The van der Waals surface area contributed by atoms with Crippen LogP contribution in [0.5, 0.6) is 0 Å². The molecule has 1 heterocycles. The van der Waals surface area contributed by atoms with Crippen LogP contribution < -0.4 is 10.6 Å². The smallest absolute Gasteiger partial charge is 0.191 e. The standard InChI is InChI=1S/C21H29N3O2/c1-25-14-5-12-22-21(23-13-11-20-8-4-15-26-20)24-19-10-9-17-6-2-3-7-18(17)16-19/h2-4,6-8,15,19H,5,9-14,16H2,1H3,(H2,22,23,24). The normalized spacial score (nSPS) is 17.0. The topological polar surface area (TPSA) is 58.8 Å². The van der Waals surface area contributed by atoms with E-state index in [-0.39, 0.29) is 0 Å². The van der Waals surface area contributed by atoms with Crippen LogP contribution >= 0.6 is 0 Å². The number of nitrogens with zero attached hydrogens (tertiary/aromatic N) is 1. The molecule has 0 aliphatic heterocycles. The molecule has 1 unspecified atom stereocenters. The molecule has 0 saturated carbocycles. The summed E-state index contributed by atoms with van der Waals surface area (Å²) in [4.78, 5) is 4.71. The van der Waals surface area contributed by atoms with Crippen molar-refractivity contribution in [3.8, 4) is 0 Å². The van der Waals surface area contributed by atoms with Gasteiger partial charge in [0.25, 0.3) is 0 Å². The van der Waals surface area contributed by atoms with Gasteiger partial charge in [-0.3, -0.25) is 4.99 Å². The second-order valence-corrected chi connectivity index (χ2v) is 6.69. The Morgan fingerprint density at radius 3 is 2.92 bits per heavy atom. The van der Waals surface area contributed by atoms with Gasteiger partial charge in [0.1, 0.15) is 5.76 Å². The molecule has 1 aromatic carbocycles. The molecule has 0 amide bonds. The minimum Gasteiger partial charge on any atom is -0.469 e. The van der Waals surface area contributed by atoms with Crippen molar-refractivity contribution in [2.45, 2.75) is 38.1 Å². The van der Waals surface area contributed by atoms with Gasteiger partial charge in [-0.2, -0.15) is 0 Å². The molecule has 0 bridgehead atoms. The average molecular weight is 355 g/mol. The number of nitrogens with one attached hydrogen (secondary N) is 2. The predicted molar refractivity (Wildman–Crippen MR) is 105 cm³/mol. The summed E-state index contributed by atoms with van der Waals surface area (Å²) in [6, 6.07) is 13.1. The van der Waals surface area contributed by atoms with E-state index in [9.17, 15) is 0 Å². The van der Waals surface area contributed by atoms with Crippen molar-refractivity contribution in [3.05, 3.63) is 59.5 Å². The Morgan fingerprint density at radius 2 is 2.12 bits per heavy atom. The van der Waals surface area contributed by atoms with Crippen LogP contribution in [-0.4, -0.2) is 38.8 Å². The number of furan rings is 1. The van der Waals surface area contributed by atoms with Crippen LogP contribution in [0.4, 0.5) is 0 Å². The molecule has 1 aromatic heterocycles. The van der Waals surface area contributed by atoms with E-state index in [1.165, 1.54) is 11.1 Å². The third-order valence-electron chi connectivity index (χ3n) is 4.71. The highest BCUT2D eigenvalue weighted by Gasteiger charge is 2.19. The van der Waals surface area contributed by atoms with Crippen molar-refractivity contribution in [3.63, 3.8) is 0 Å². The highest BCUT2D eigenvalue weighted by molar-refractivity contribution is 5.80. The van der Waals surface area contributed by atoms with E-state index in [0.29, 0.717) is 6.04 Å². The van der Waals surface area contributed by atoms with E-state index < -0.39 is 0 Å². The summed E-state index contributed by atoms with van der Waals surface area (Å²) in [5.74, 6) is 1.87. The molecular formula is C21H29N3O2. The van der Waals surface area contributed by atoms with E-state index >= 15 is 0 Å². The maximum atomic E-state index is 5.40. The molecule has 0 spiro atoms. The number of benzene rings is 1. The fraction of sp³-hybridized carbons (Fsp3) is 0.476. The number of fused-ring (bicyclic) bond motifs is 1. The van der Waals surface area contributed by atoms with Gasteiger partial charge >= 0.3 is 0 Å². The summed E-state index contributed by atoms with van der Waals surface area (Å²) < 4.78 is 10.5. The Bertz CT molecular complexity index is 682. The zero-order chi connectivity index (χ0) is 18.0. The number of hydrogen-bond donors (Lipinski definition) is 2. The van der Waals surface area contributed by atoms with Gasteiger partial charge in [0.05, 0.1) is 6.26 Å². The molecule has 26 heavy (non-hydrogen) atoms. The first kappa shape index (κ1) is 18.5. The van der Waals surface area contributed by atoms with Crippen molar-refractivity contribution < 1.29 is 9.15 Å². The fourth-order valence-electron chi connectivity index (χ4n) is 3.33. The van der Waals surface area contributed by atoms with Crippen LogP contribution in [0.15, 0.2) is 52.1 Å². The lowest BCUT2D eigenvalue weighted by molar-refractivity contribution is 0.197. The second-order valence-electron chi connectivity index (χ2n) is 6.69. The lowest BCUT2D eigenvalue weighted by Gasteiger charge is -2.27. The van der Waals surface area contributed by atoms with Gasteiger partial charge in [-0.25, -0.2) is 0 Å². The first-order valence-electron chi connectivity index (χ1n) is 9.48. The van der Waals surface area contributed by atoms with Gasteiger partial charge in [0.2, 0.25) is 0 Å². The molecule has 5 nitrogen and oxygen atoms in total. The first-order valence-corrected chi connectivity index (χ1v) is 9.48. The van der Waals surface area contributed by atoms with Crippen molar-refractivity contribution in [1.82, 2.24) is 10.6 Å². The van der Waals surface area contributed by atoms with Crippen LogP contribution in [-0.2, 0) is 24.0 Å². The minimum absolute atomic E-state index is 0.419. The Balaban J connectivity index is 1.54. The molecule has 3 rings (SSSR count). The van der Waals surface area contributed by atoms with Crippen LogP contribution in [0, 0.1) is 0 Å². The first-order chi connectivity index (χ1) is 12.8. The number of guanidine groups is 1. The molecule has 1 aliphatic carbocycles. The summed E-state index contributed by atoms with van der Waals surface area (Å²) in [5.41, 5.74) is 2.93. The van der Waals surface area contributed by atoms with Crippen molar-refractivity contribution in [1.29, 1.82) is 0 Å². The van der Waals surface area contributed by atoms with Gasteiger partial charge in [-0.15, -0.1) is 0 Å². The summed E-state index contributed by atoms with van der Waals surface area (Å²) >= 11 is 0. The van der Waals surface area contributed by atoms with Gasteiger partial charge in [0, 0.05) is 39.3 Å². The molecule has 2 N–H and O–H groups in total. The lowest BCUT2D eigenvalue weighted by Crippen LogP contribution is -2.46. The highest BCUT2D eigenvalue weighted by Crippen LogP contribution is 2.20. The van der Waals surface area contributed by atoms with Gasteiger partial charge in [-0.05, 0) is 48.9 Å². The van der Waals surface area contributed by atoms with Crippen molar-refractivity contribution in [2.24, 2.45) is 4.99 Å². The summed E-state index contributed by atoms with van der Waals surface area (Å²) in [5, 5.41) is 7.07. The summed E-state index contributed by atoms with van der Waals surface area (Å²) in [7, 11) is 1.73. The number of hydrogen-bond acceptors (Lipinski definition) is 3. The molecule has 0 saturated heterocycles. The number of methoxy groups -OCH3 is 1. The van der Waals surface area contributed by atoms with Crippen molar-refractivity contribution >= 4 is 5.96 Å². The van der Waals surface area contributed by atoms with E-state index in [0.717, 1.165) is 63.5 Å². The maximum Gasteiger partial charge on any atom is 0.191 e. The molecule has 140 valence electrons. The number of aryl methyl sites for hydroxylation is 1. The third kappa shape index (κ3) is 5.63. The number of aliphatic imine (C=N–C) groups is 1. The average Bonchev–Trinajstić information content (AvgIpc) is 3.18. The zero-order valence-corrected chi connectivity index (χ0v) is 15.5. The van der Waals surface area contributed by atoms with E-state index in [1.807, 2.05) is 12.1 Å². The molecule has 0 radical (unpaired) electrons. The van der Waals surface area contributed by atoms with Crippen LogP contribution in [0.2, 0.25) is 0 Å². The maximum absolute atomic E-state index is 5.40. The number of ether oxygens (including phenoxy) is 1. The molecule has 1 atom stereocenters. The quantitative estimate of drug-likeness (QED) is 0.434. The van der Waals surface area contributed by atoms with Gasteiger partial charge in [0.15, 0.2) is 5.96 Å². The molecule has 5 heteroatoms. The highest BCUT2D eigenvalue weighted by atomic mass is 16.5. The van der Waals surface area contributed by atoms with Crippen LogP contribution in [0.25, 0.3) is 0 Å². The van der Waals surface area contributed by atoms with Gasteiger partial charge < -0.3 is 19.8 Å². The number of rotatable bonds is 8. The van der Waals surface area contributed by atoms with E-state index in [1.54, 1.807) is 13.4 Å². The Kier molecular flexibility index (Phi) is 7.14. The summed E-state index contributed by atoms with van der Waals surface area (Å²) in [6.45, 7) is 2.29. The van der Waals surface area contributed by atoms with Crippen LogP contribution in [0.1, 0.15) is 29.7 Å². The molecule has 2 aromatic rings. The Labute approximate surface area is 155 Å². The SMILES string of the molecule is COCCCN=C(NCCc1ccco1)NC1CCc2ccccc2C1. The van der Waals surface area contributed by atoms with Gasteiger partial charge in [-0.1, -0.05) is 24.3 Å². The predicted octanol–water partition coefficient (Wildman–Crippen LogP) is 2.95. The molecular weight excluding hydrogens is 326 g/mol. The second kappa shape index (κ2) is 10.0. The van der Waals surface area contributed by atoms with E-state index in [2.05, 4.69) is 34.9 Å². The zero-order valence-electron chi connectivity index (χ0n) is 15.5. The molecule has 0 fully saturated rings. The summed E-state index contributed by atoms with van der Waals surface area (Å²) in [6.07, 6.45) is 6.79. The van der Waals surface area contributed by atoms with Crippen molar-refractivity contribution in [2.75, 3.05) is 26.8 Å². The fourth-order valence-corrected chi connectivity index (χ4v) is 3.33. The largest absolute Gasteiger partial charge is 0.469 e. The minimum atomic E-state index is 0.419. The van der Waals surface area contributed by atoms with E-state index in [4.69, 9.17) is 14.1 Å². The monoisotopic (exact) mass is 355 g/mol. The molecule has 1 aliphatic rings. The Morgan fingerprint density at radius 1 is 1.23 bits per heavy atom. The lowest BCUT2D eigenvalue weighted by atomic mass is 9.88. The van der Waals surface area contributed by atoms with Crippen LogP contribution in [0.3, 0.4) is 0 Å². The third-order valence-corrected chi connectivity index (χ3v) is 4.71.